The highest BCUT2D eigenvalue weighted by Gasteiger charge is 2.25. The SMILES string of the molecule is N#Cc1ccc(N2CCCC(Nc3ncccc3[N+](=O)[O-])C2)c(F)c1. The van der Waals surface area contributed by atoms with E-state index in [9.17, 15) is 14.5 Å². The quantitative estimate of drug-likeness (QED) is 0.678. The number of piperidine rings is 1. The highest BCUT2D eigenvalue weighted by Crippen LogP contribution is 2.27. The molecule has 0 bridgehead atoms. The summed E-state index contributed by atoms with van der Waals surface area (Å²) in [5.41, 5.74) is 0.627. The number of anilines is 2. The van der Waals surface area contributed by atoms with Crippen molar-refractivity contribution in [1.82, 2.24) is 4.98 Å². The van der Waals surface area contributed by atoms with Crippen LogP contribution in [0.2, 0.25) is 0 Å². The lowest BCUT2D eigenvalue weighted by Crippen LogP contribution is -2.42. The summed E-state index contributed by atoms with van der Waals surface area (Å²) in [6, 6.07) is 9.14. The number of nitrogens with one attached hydrogen (secondary N) is 1. The molecule has 1 saturated heterocycles. The molecule has 128 valence electrons. The molecule has 3 rings (SSSR count). The highest BCUT2D eigenvalue weighted by atomic mass is 19.1. The molecule has 0 aliphatic carbocycles. The highest BCUT2D eigenvalue weighted by molar-refractivity contribution is 5.57. The van der Waals surface area contributed by atoms with Gasteiger partial charge in [-0.15, -0.1) is 0 Å². The number of benzene rings is 1. The van der Waals surface area contributed by atoms with Crippen LogP contribution in [0, 0.1) is 27.3 Å². The molecule has 7 nitrogen and oxygen atoms in total. The van der Waals surface area contributed by atoms with Crippen LogP contribution in [0.5, 0.6) is 0 Å². The van der Waals surface area contributed by atoms with E-state index in [1.165, 1.54) is 24.4 Å². The molecule has 1 atom stereocenters. The van der Waals surface area contributed by atoms with Crippen molar-refractivity contribution < 1.29 is 9.31 Å². The third-order valence-corrected chi connectivity index (χ3v) is 4.16. The Morgan fingerprint density at radius 1 is 1.44 bits per heavy atom. The number of pyridine rings is 1. The molecule has 1 N–H and O–H groups in total. The maximum Gasteiger partial charge on any atom is 0.311 e. The van der Waals surface area contributed by atoms with E-state index in [2.05, 4.69) is 10.3 Å². The zero-order valence-electron chi connectivity index (χ0n) is 13.4. The van der Waals surface area contributed by atoms with Crippen molar-refractivity contribution in [2.24, 2.45) is 0 Å². The van der Waals surface area contributed by atoms with Gasteiger partial charge >= 0.3 is 5.69 Å². The first-order valence-corrected chi connectivity index (χ1v) is 7.89. The maximum absolute atomic E-state index is 14.2. The molecule has 0 spiro atoms. The summed E-state index contributed by atoms with van der Waals surface area (Å²) in [4.78, 5) is 16.5. The van der Waals surface area contributed by atoms with Crippen LogP contribution in [-0.4, -0.2) is 29.0 Å². The third-order valence-electron chi connectivity index (χ3n) is 4.16. The van der Waals surface area contributed by atoms with E-state index in [4.69, 9.17) is 5.26 Å². The van der Waals surface area contributed by atoms with E-state index in [0.29, 0.717) is 18.8 Å². The van der Waals surface area contributed by atoms with Gasteiger partial charge in [0.1, 0.15) is 5.82 Å². The third kappa shape index (κ3) is 3.66. The average molecular weight is 341 g/mol. The summed E-state index contributed by atoms with van der Waals surface area (Å²) in [7, 11) is 0. The van der Waals surface area contributed by atoms with Gasteiger partial charge in [-0.25, -0.2) is 9.37 Å². The normalized spacial score (nSPS) is 17.0. The molecule has 0 amide bonds. The van der Waals surface area contributed by atoms with Gasteiger partial charge in [0.25, 0.3) is 0 Å². The number of nitro groups is 1. The smallest absolute Gasteiger partial charge is 0.311 e. The van der Waals surface area contributed by atoms with Crippen molar-refractivity contribution in [2.75, 3.05) is 23.3 Å². The Morgan fingerprint density at radius 3 is 3.00 bits per heavy atom. The van der Waals surface area contributed by atoms with Crippen LogP contribution in [0.4, 0.5) is 21.6 Å². The Balaban J connectivity index is 1.76. The molecular formula is C17H16FN5O2. The summed E-state index contributed by atoms with van der Waals surface area (Å²) in [6.45, 7) is 1.18. The Bertz CT molecular complexity index is 836. The first kappa shape index (κ1) is 16.6. The second kappa shape index (κ2) is 7.13. The first-order valence-electron chi connectivity index (χ1n) is 7.89. The molecule has 1 aliphatic rings. The molecule has 0 radical (unpaired) electrons. The number of rotatable bonds is 4. The number of hydrogen-bond donors (Lipinski definition) is 1. The number of aromatic nitrogens is 1. The lowest BCUT2D eigenvalue weighted by Gasteiger charge is -2.35. The Hall–Kier alpha value is -3.21. The van der Waals surface area contributed by atoms with Gasteiger partial charge in [0, 0.05) is 31.4 Å². The van der Waals surface area contributed by atoms with Gasteiger partial charge in [-0.05, 0) is 37.1 Å². The Kier molecular flexibility index (Phi) is 4.75. The number of nitrogens with zero attached hydrogens (tertiary/aromatic N) is 4. The van der Waals surface area contributed by atoms with Crippen LogP contribution in [-0.2, 0) is 0 Å². The van der Waals surface area contributed by atoms with Crippen molar-refractivity contribution in [3.8, 4) is 6.07 Å². The van der Waals surface area contributed by atoms with E-state index in [-0.39, 0.29) is 23.1 Å². The molecule has 25 heavy (non-hydrogen) atoms. The lowest BCUT2D eigenvalue weighted by molar-refractivity contribution is -0.384. The molecule has 0 saturated carbocycles. The second-order valence-electron chi connectivity index (χ2n) is 5.84. The van der Waals surface area contributed by atoms with Gasteiger partial charge in [-0.1, -0.05) is 0 Å². The minimum atomic E-state index is -0.476. The molecule has 8 heteroatoms. The van der Waals surface area contributed by atoms with Crippen LogP contribution >= 0.6 is 0 Å². The molecular weight excluding hydrogens is 325 g/mol. The van der Waals surface area contributed by atoms with Crippen LogP contribution in [0.15, 0.2) is 36.5 Å². The molecule has 2 heterocycles. The predicted molar refractivity (Wildman–Crippen MR) is 90.9 cm³/mol. The van der Waals surface area contributed by atoms with E-state index < -0.39 is 10.7 Å². The lowest BCUT2D eigenvalue weighted by atomic mass is 10.0. The van der Waals surface area contributed by atoms with Crippen molar-refractivity contribution in [2.45, 2.75) is 18.9 Å². The van der Waals surface area contributed by atoms with E-state index in [1.807, 2.05) is 11.0 Å². The fourth-order valence-electron chi connectivity index (χ4n) is 3.00. The second-order valence-corrected chi connectivity index (χ2v) is 5.84. The summed E-state index contributed by atoms with van der Waals surface area (Å²) < 4.78 is 14.2. The van der Waals surface area contributed by atoms with Crippen LogP contribution in [0.3, 0.4) is 0 Å². The summed E-state index contributed by atoms with van der Waals surface area (Å²) >= 11 is 0. The molecule has 1 aromatic heterocycles. The number of halogens is 1. The molecule has 1 aromatic carbocycles. The van der Waals surface area contributed by atoms with Crippen LogP contribution in [0.1, 0.15) is 18.4 Å². The van der Waals surface area contributed by atoms with Gasteiger partial charge in [0.05, 0.1) is 22.2 Å². The van der Waals surface area contributed by atoms with Gasteiger partial charge in [0.2, 0.25) is 5.82 Å². The molecule has 1 aliphatic heterocycles. The van der Waals surface area contributed by atoms with Gasteiger partial charge in [-0.3, -0.25) is 10.1 Å². The van der Waals surface area contributed by atoms with Gasteiger partial charge in [-0.2, -0.15) is 5.26 Å². The summed E-state index contributed by atoms with van der Waals surface area (Å²) in [5, 5.41) is 23.0. The fourth-order valence-corrected chi connectivity index (χ4v) is 3.00. The number of nitriles is 1. The standard InChI is InChI=1S/C17H16FN5O2/c18-14-9-12(10-19)5-6-15(14)22-8-2-3-13(11-22)21-17-16(23(24)25)4-1-7-20-17/h1,4-7,9,13H,2-3,8,11H2,(H,20,21). The monoisotopic (exact) mass is 341 g/mol. The average Bonchev–Trinajstić information content (AvgIpc) is 2.62. The van der Waals surface area contributed by atoms with Crippen LogP contribution in [0.25, 0.3) is 0 Å². The van der Waals surface area contributed by atoms with Crippen molar-refractivity contribution >= 4 is 17.2 Å². The predicted octanol–water partition coefficient (Wildman–Crippen LogP) is 3.08. The Labute approximate surface area is 143 Å². The van der Waals surface area contributed by atoms with Gasteiger partial charge in [0.15, 0.2) is 0 Å². The largest absolute Gasteiger partial charge is 0.367 e. The van der Waals surface area contributed by atoms with E-state index >= 15 is 0 Å². The molecule has 2 aromatic rings. The van der Waals surface area contributed by atoms with Gasteiger partial charge < -0.3 is 10.2 Å². The minimum absolute atomic E-state index is 0.0795. The number of hydrogen-bond acceptors (Lipinski definition) is 6. The fraction of sp³-hybridized carbons (Fsp3) is 0.294. The summed E-state index contributed by atoms with van der Waals surface area (Å²) in [6.07, 6.45) is 3.12. The maximum atomic E-state index is 14.2. The van der Waals surface area contributed by atoms with Crippen LogP contribution < -0.4 is 10.2 Å². The first-order chi connectivity index (χ1) is 12.1. The van der Waals surface area contributed by atoms with E-state index in [0.717, 1.165) is 12.8 Å². The van der Waals surface area contributed by atoms with Crippen molar-refractivity contribution in [1.29, 1.82) is 5.26 Å². The van der Waals surface area contributed by atoms with E-state index in [1.54, 1.807) is 12.1 Å². The van der Waals surface area contributed by atoms with Crippen molar-refractivity contribution in [3.63, 3.8) is 0 Å². The zero-order chi connectivity index (χ0) is 17.8. The molecule has 1 fully saturated rings. The minimum Gasteiger partial charge on any atom is -0.367 e. The topological polar surface area (TPSA) is 95.1 Å². The van der Waals surface area contributed by atoms with Crippen molar-refractivity contribution in [3.05, 3.63) is 58.0 Å². The Morgan fingerprint density at radius 2 is 2.28 bits per heavy atom. The molecule has 1 unspecified atom stereocenters. The zero-order valence-corrected chi connectivity index (χ0v) is 13.4. The summed E-state index contributed by atoms with van der Waals surface area (Å²) in [5.74, 6) is -0.219.